The average molecular weight is 443 g/mol. The van der Waals surface area contributed by atoms with Crippen LogP contribution < -0.4 is 14.2 Å². The second kappa shape index (κ2) is 9.56. The first-order valence-corrected chi connectivity index (χ1v) is 10.5. The maximum absolute atomic E-state index is 14.4. The number of aromatic nitrogens is 2. The number of rotatable bonds is 7. The molecular weight excluding hydrogens is 416 g/mol. The molecule has 8 heteroatoms. The second-order valence-electron chi connectivity index (χ2n) is 7.86. The number of likely N-dealkylation sites (tertiary alicyclic amines) is 1. The fourth-order valence-electron chi connectivity index (χ4n) is 4.53. The lowest BCUT2D eigenvalue weighted by atomic mass is 9.90. The van der Waals surface area contributed by atoms with Crippen LogP contribution in [0.1, 0.15) is 30.0 Å². The number of ether oxygens (including phenoxy) is 3. The van der Waals surface area contributed by atoms with Crippen LogP contribution >= 0.6 is 0 Å². The standard InChI is InChI=1S/C24H27F2N3O3/c1-30-20-10-9-16(23(31-2)24(20)32-3)14-29-11-5-6-15(13-29)22-17(12-27-28-22)21-18(25)7-4-8-19(21)26/h4,7-10,12,15H,5-6,11,13-14H2,1-3H3,(H,27,28)/t15-/m1/s1. The van der Waals surface area contributed by atoms with E-state index in [1.165, 1.54) is 24.4 Å². The molecule has 1 aliphatic rings. The van der Waals surface area contributed by atoms with Gasteiger partial charge in [-0.2, -0.15) is 5.10 Å². The molecule has 2 aromatic carbocycles. The van der Waals surface area contributed by atoms with Crippen LogP contribution in [0.25, 0.3) is 11.1 Å². The Morgan fingerprint density at radius 1 is 1.03 bits per heavy atom. The summed E-state index contributed by atoms with van der Waals surface area (Å²) in [5.74, 6) is 0.715. The van der Waals surface area contributed by atoms with E-state index in [9.17, 15) is 8.78 Å². The second-order valence-corrected chi connectivity index (χ2v) is 7.86. The first kappa shape index (κ1) is 22.1. The van der Waals surface area contributed by atoms with Crippen molar-refractivity contribution in [2.24, 2.45) is 0 Å². The number of hydrogen-bond acceptors (Lipinski definition) is 5. The van der Waals surface area contributed by atoms with E-state index in [0.29, 0.717) is 29.4 Å². The lowest BCUT2D eigenvalue weighted by Crippen LogP contribution is -2.34. The zero-order valence-electron chi connectivity index (χ0n) is 18.5. The minimum Gasteiger partial charge on any atom is -0.493 e. The number of H-pyrrole nitrogens is 1. The summed E-state index contributed by atoms with van der Waals surface area (Å²) in [5.41, 5.74) is 2.19. The quantitative estimate of drug-likeness (QED) is 0.571. The molecule has 32 heavy (non-hydrogen) atoms. The summed E-state index contributed by atoms with van der Waals surface area (Å²) in [6, 6.07) is 7.75. The summed E-state index contributed by atoms with van der Waals surface area (Å²) in [4.78, 5) is 2.31. The maximum Gasteiger partial charge on any atom is 0.203 e. The number of halogens is 2. The molecule has 0 bridgehead atoms. The Morgan fingerprint density at radius 3 is 2.47 bits per heavy atom. The topological polar surface area (TPSA) is 59.6 Å². The zero-order valence-corrected chi connectivity index (χ0v) is 18.5. The third-order valence-corrected chi connectivity index (χ3v) is 5.99. The molecule has 0 saturated carbocycles. The van der Waals surface area contributed by atoms with Crippen LogP contribution in [-0.2, 0) is 6.54 Å². The van der Waals surface area contributed by atoms with E-state index in [-0.39, 0.29) is 11.5 Å². The predicted molar refractivity (Wildman–Crippen MR) is 117 cm³/mol. The molecule has 0 spiro atoms. The van der Waals surface area contributed by atoms with Crippen molar-refractivity contribution in [2.45, 2.75) is 25.3 Å². The molecule has 3 aromatic rings. The molecule has 0 aliphatic carbocycles. The largest absolute Gasteiger partial charge is 0.493 e. The van der Waals surface area contributed by atoms with Crippen LogP contribution in [0.4, 0.5) is 8.78 Å². The Kier molecular flexibility index (Phi) is 6.60. The summed E-state index contributed by atoms with van der Waals surface area (Å²) >= 11 is 0. The molecule has 1 N–H and O–H groups in total. The molecule has 1 fully saturated rings. The molecule has 1 atom stereocenters. The van der Waals surface area contributed by atoms with Gasteiger partial charge in [0.15, 0.2) is 11.5 Å². The predicted octanol–water partition coefficient (Wildman–Crippen LogP) is 4.76. The fraction of sp³-hybridized carbons (Fsp3) is 0.375. The van der Waals surface area contributed by atoms with Gasteiger partial charge in [-0.25, -0.2) is 8.78 Å². The van der Waals surface area contributed by atoms with Gasteiger partial charge in [0, 0.05) is 35.8 Å². The van der Waals surface area contributed by atoms with E-state index in [0.717, 1.165) is 37.2 Å². The fourth-order valence-corrected chi connectivity index (χ4v) is 4.53. The highest BCUT2D eigenvalue weighted by Gasteiger charge is 2.28. The third kappa shape index (κ3) is 4.14. The third-order valence-electron chi connectivity index (χ3n) is 5.99. The van der Waals surface area contributed by atoms with Crippen molar-refractivity contribution in [3.05, 3.63) is 59.4 Å². The smallest absolute Gasteiger partial charge is 0.203 e. The monoisotopic (exact) mass is 443 g/mol. The van der Waals surface area contributed by atoms with Gasteiger partial charge in [0.1, 0.15) is 11.6 Å². The van der Waals surface area contributed by atoms with Crippen molar-refractivity contribution in [1.29, 1.82) is 0 Å². The van der Waals surface area contributed by atoms with Gasteiger partial charge in [-0.15, -0.1) is 0 Å². The van der Waals surface area contributed by atoms with Gasteiger partial charge in [-0.3, -0.25) is 10.00 Å². The van der Waals surface area contributed by atoms with Gasteiger partial charge < -0.3 is 14.2 Å². The van der Waals surface area contributed by atoms with E-state index in [1.54, 1.807) is 21.3 Å². The molecule has 6 nitrogen and oxygen atoms in total. The minimum atomic E-state index is -0.588. The van der Waals surface area contributed by atoms with Crippen LogP contribution in [0.5, 0.6) is 17.2 Å². The normalized spacial score (nSPS) is 16.7. The van der Waals surface area contributed by atoms with Gasteiger partial charge in [0.05, 0.1) is 33.1 Å². The Morgan fingerprint density at radius 2 is 1.78 bits per heavy atom. The van der Waals surface area contributed by atoms with Crippen molar-refractivity contribution in [3.63, 3.8) is 0 Å². The molecule has 4 rings (SSSR count). The SMILES string of the molecule is COc1ccc(CN2CCC[C@@H](c3[nH]ncc3-c3c(F)cccc3F)C2)c(OC)c1OC. The van der Waals surface area contributed by atoms with E-state index in [1.807, 2.05) is 12.1 Å². The number of hydrogen-bond donors (Lipinski definition) is 1. The van der Waals surface area contributed by atoms with E-state index >= 15 is 0 Å². The number of aromatic amines is 1. The molecule has 170 valence electrons. The van der Waals surface area contributed by atoms with Crippen LogP contribution in [0, 0.1) is 11.6 Å². The van der Waals surface area contributed by atoms with Crippen molar-refractivity contribution in [2.75, 3.05) is 34.4 Å². The van der Waals surface area contributed by atoms with Crippen LogP contribution in [-0.4, -0.2) is 49.5 Å². The minimum absolute atomic E-state index is 0.0325. The summed E-state index contributed by atoms with van der Waals surface area (Å²) in [6.45, 7) is 2.28. The summed E-state index contributed by atoms with van der Waals surface area (Å²) in [7, 11) is 4.79. The van der Waals surface area contributed by atoms with Gasteiger partial charge in [-0.1, -0.05) is 12.1 Å². The summed E-state index contributed by atoms with van der Waals surface area (Å²) < 4.78 is 45.3. The number of nitrogens with zero attached hydrogens (tertiary/aromatic N) is 2. The van der Waals surface area contributed by atoms with Crippen molar-refractivity contribution >= 4 is 0 Å². The Hall–Kier alpha value is -3.13. The maximum atomic E-state index is 14.4. The molecule has 1 aromatic heterocycles. The Balaban J connectivity index is 1.58. The van der Waals surface area contributed by atoms with Gasteiger partial charge in [0.25, 0.3) is 0 Å². The van der Waals surface area contributed by atoms with Crippen molar-refractivity contribution in [3.8, 4) is 28.4 Å². The van der Waals surface area contributed by atoms with Crippen molar-refractivity contribution < 1.29 is 23.0 Å². The van der Waals surface area contributed by atoms with E-state index in [2.05, 4.69) is 15.1 Å². The molecule has 0 radical (unpaired) electrons. The zero-order chi connectivity index (χ0) is 22.7. The van der Waals surface area contributed by atoms with E-state index in [4.69, 9.17) is 14.2 Å². The van der Waals surface area contributed by atoms with Gasteiger partial charge >= 0.3 is 0 Å². The molecule has 0 unspecified atom stereocenters. The Bertz CT molecular complexity index is 1070. The summed E-state index contributed by atoms with van der Waals surface area (Å²) in [5, 5.41) is 7.10. The number of nitrogens with one attached hydrogen (secondary N) is 1. The highest BCUT2D eigenvalue weighted by Crippen LogP contribution is 2.41. The van der Waals surface area contributed by atoms with Crippen LogP contribution in [0.3, 0.4) is 0 Å². The van der Waals surface area contributed by atoms with Gasteiger partial charge in [-0.05, 0) is 37.6 Å². The molecule has 0 amide bonds. The lowest BCUT2D eigenvalue weighted by molar-refractivity contribution is 0.195. The first-order chi connectivity index (χ1) is 15.6. The highest BCUT2D eigenvalue weighted by atomic mass is 19.1. The molecule has 1 aliphatic heterocycles. The molecule has 1 saturated heterocycles. The molecule has 2 heterocycles. The highest BCUT2D eigenvalue weighted by molar-refractivity contribution is 5.67. The van der Waals surface area contributed by atoms with Crippen LogP contribution in [0.2, 0.25) is 0 Å². The molecular formula is C24H27F2N3O3. The van der Waals surface area contributed by atoms with E-state index < -0.39 is 11.6 Å². The van der Waals surface area contributed by atoms with Gasteiger partial charge in [0.2, 0.25) is 5.75 Å². The number of benzene rings is 2. The lowest BCUT2D eigenvalue weighted by Gasteiger charge is -2.33. The number of piperidine rings is 1. The van der Waals surface area contributed by atoms with Crippen LogP contribution in [0.15, 0.2) is 36.5 Å². The Labute approximate surface area is 186 Å². The van der Waals surface area contributed by atoms with Crippen molar-refractivity contribution in [1.82, 2.24) is 15.1 Å². The number of methoxy groups -OCH3 is 3. The first-order valence-electron chi connectivity index (χ1n) is 10.5. The average Bonchev–Trinajstić information content (AvgIpc) is 3.28. The summed E-state index contributed by atoms with van der Waals surface area (Å²) in [6.07, 6.45) is 3.37.